The molecule has 1 saturated heterocycles. The van der Waals surface area contributed by atoms with Crippen molar-refractivity contribution >= 4 is 21.7 Å². The second-order valence-corrected chi connectivity index (χ2v) is 9.95. The van der Waals surface area contributed by atoms with Gasteiger partial charge in [-0.25, -0.2) is 13.6 Å². The van der Waals surface area contributed by atoms with Gasteiger partial charge in [0.1, 0.15) is 11.5 Å². The highest BCUT2D eigenvalue weighted by Crippen LogP contribution is 2.46. The first-order chi connectivity index (χ1) is 16.0. The Balaban J connectivity index is 1.28. The van der Waals surface area contributed by atoms with E-state index in [2.05, 4.69) is 35.2 Å². The second-order valence-electron chi connectivity index (χ2n) is 8.39. The van der Waals surface area contributed by atoms with E-state index in [4.69, 9.17) is 9.88 Å². The minimum Gasteiger partial charge on any atom is -0.456 e. The number of likely N-dealkylation sites (tertiary alicyclic amines) is 1. The average Bonchev–Trinajstić information content (AvgIpc) is 2.83. The number of para-hydroxylation sites is 2. The topological polar surface area (TPSA) is 72.6 Å². The maximum atomic E-state index is 11.4. The van der Waals surface area contributed by atoms with Crippen molar-refractivity contribution in [3.8, 4) is 11.5 Å². The van der Waals surface area contributed by atoms with E-state index in [-0.39, 0.29) is 4.90 Å². The lowest BCUT2D eigenvalue weighted by Crippen LogP contribution is -2.31. The highest BCUT2D eigenvalue weighted by Gasteiger charge is 2.25. The van der Waals surface area contributed by atoms with Crippen LogP contribution in [-0.4, -0.2) is 33.0 Å². The summed E-state index contributed by atoms with van der Waals surface area (Å²) in [6.45, 7) is 2.85. The van der Waals surface area contributed by atoms with Gasteiger partial charge < -0.3 is 4.74 Å². The number of sulfonamides is 1. The van der Waals surface area contributed by atoms with Crippen LogP contribution in [-0.2, 0) is 10.0 Å². The summed E-state index contributed by atoms with van der Waals surface area (Å²) in [5, 5.41) is 5.16. The molecule has 0 spiro atoms. The number of nitrogens with zero attached hydrogens (tertiary/aromatic N) is 1. The van der Waals surface area contributed by atoms with E-state index in [1.54, 1.807) is 12.1 Å². The fourth-order valence-corrected chi connectivity index (χ4v) is 5.05. The fourth-order valence-electron chi connectivity index (χ4n) is 4.53. The van der Waals surface area contributed by atoms with Crippen LogP contribution in [0.5, 0.6) is 11.5 Å². The van der Waals surface area contributed by atoms with Crippen molar-refractivity contribution in [2.24, 2.45) is 5.14 Å². The number of hydrogen-bond acceptors (Lipinski definition) is 4. The van der Waals surface area contributed by atoms with E-state index >= 15 is 0 Å². The monoisotopic (exact) mass is 458 g/mol. The fraction of sp³-hybridized carbons (Fsp3) is 0.185. The van der Waals surface area contributed by atoms with Crippen molar-refractivity contribution in [2.75, 3.05) is 19.6 Å². The summed E-state index contributed by atoms with van der Waals surface area (Å²) in [6, 6.07) is 23.2. The number of nitrogens with two attached hydrogens (primary N) is 1. The van der Waals surface area contributed by atoms with E-state index < -0.39 is 10.0 Å². The van der Waals surface area contributed by atoms with Gasteiger partial charge in [0.25, 0.3) is 0 Å². The first-order valence-electron chi connectivity index (χ1n) is 11.1. The van der Waals surface area contributed by atoms with Gasteiger partial charge in [0.2, 0.25) is 10.0 Å². The zero-order valence-corrected chi connectivity index (χ0v) is 19.1. The molecule has 0 aromatic heterocycles. The first-order valence-corrected chi connectivity index (χ1v) is 12.6. The molecule has 0 amide bonds. The summed E-state index contributed by atoms with van der Waals surface area (Å²) in [7, 11) is -3.65. The standard InChI is InChI=1S/C27H26N2O3S/c28-33(30,31)22-13-11-20(12-14-22)6-5-17-29-18-15-21(16-19-29)27-23-7-1-3-9-25(23)32-26-10-4-2-8-24(26)27/h1-14H,15-19H2,(H2,28,30,31). The van der Waals surface area contributed by atoms with Gasteiger partial charge in [0.05, 0.1) is 4.90 Å². The molecule has 3 aromatic rings. The molecule has 2 aliphatic heterocycles. The maximum absolute atomic E-state index is 11.4. The Morgan fingerprint density at radius 3 is 2.00 bits per heavy atom. The van der Waals surface area contributed by atoms with Gasteiger partial charge in [-0.1, -0.05) is 66.3 Å². The van der Waals surface area contributed by atoms with Crippen LogP contribution in [0, 0.1) is 0 Å². The van der Waals surface area contributed by atoms with Crippen LogP contribution >= 0.6 is 0 Å². The lowest BCUT2D eigenvalue weighted by Gasteiger charge is -2.31. The number of fused-ring (bicyclic) bond motifs is 2. The number of benzene rings is 3. The minimum absolute atomic E-state index is 0.132. The minimum atomic E-state index is -3.65. The molecular formula is C27H26N2O3S. The largest absolute Gasteiger partial charge is 0.456 e. The molecule has 0 aliphatic carbocycles. The highest BCUT2D eigenvalue weighted by atomic mass is 32.2. The van der Waals surface area contributed by atoms with E-state index in [0.29, 0.717) is 0 Å². The Morgan fingerprint density at radius 2 is 1.42 bits per heavy atom. The van der Waals surface area contributed by atoms with Crippen molar-refractivity contribution in [1.82, 2.24) is 4.90 Å². The normalized spacial score (nSPS) is 16.4. The summed E-state index contributed by atoms with van der Waals surface area (Å²) >= 11 is 0. The van der Waals surface area contributed by atoms with Crippen molar-refractivity contribution < 1.29 is 13.2 Å². The molecular weight excluding hydrogens is 432 g/mol. The molecule has 5 rings (SSSR count). The number of primary sulfonamides is 1. The van der Waals surface area contributed by atoms with Gasteiger partial charge in [-0.05, 0) is 48.2 Å². The molecule has 2 heterocycles. The van der Waals surface area contributed by atoms with Crippen LogP contribution in [0.15, 0.2) is 89.3 Å². The summed E-state index contributed by atoms with van der Waals surface area (Å²) in [5.41, 5.74) is 6.14. The summed E-state index contributed by atoms with van der Waals surface area (Å²) in [6.07, 6.45) is 6.19. The lowest BCUT2D eigenvalue weighted by atomic mass is 9.86. The van der Waals surface area contributed by atoms with Gasteiger partial charge in [0, 0.05) is 30.8 Å². The third-order valence-corrected chi connectivity index (χ3v) is 7.16. The molecule has 33 heavy (non-hydrogen) atoms. The maximum Gasteiger partial charge on any atom is 0.238 e. The second kappa shape index (κ2) is 8.98. The van der Waals surface area contributed by atoms with Gasteiger partial charge in [-0.15, -0.1) is 0 Å². The third kappa shape index (κ3) is 4.64. The van der Waals surface area contributed by atoms with Crippen LogP contribution < -0.4 is 9.88 Å². The molecule has 168 valence electrons. The van der Waals surface area contributed by atoms with E-state index in [1.165, 1.54) is 34.4 Å². The van der Waals surface area contributed by atoms with E-state index in [1.807, 2.05) is 30.3 Å². The number of ether oxygens (including phenoxy) is 1. The van der Waals surface area contributed by atoms with Gasteiger partial charge in [-0.3, -0.25) is 4.90 Å². The smallest absolute Gasteiger partial charge is 0.238 e. The Hall–Kier alpha value is -3.19. The van der Waals surface area contributed by atoms with Gasteiger partial charge >= 0.3 is 0 Å². The molecule has 0 atom stereocenters. The zero-order valence-electron chi connectivity index (χ0n) is 18.3. The molecule has 6 heteroatoms. The Morgan fingerprint density at radius 1 is 0.848 bits per heavy atom. The van der Waals surface area contributed by atoms with Crippen molar-refractivity contribution in [1.29, 1.82) is 0 Å². The lowest BCUT2D eigenvalue weighted by molar-refractivity contribution is 0.284. The zero-order chi connectivity index (χ0) is 22.8. The summed E-state index contributed by atoms with van der Waals surface area (Å²) in [5.74, 6) is 1.86. The Kier molecular flexibility index (Phi) is 5.89. The van der Waals surface area contributed by atoms with Crippen LogP contribution in [0.1, 0.15) is 29.5 Å². The first kappa shape index (κ1) is 21.6. The van der Waals surface area contributed by atoms with E-state index in [0.717, 1.165) is 49.5 Å². The average molecular weight is 459 g/mol. The Bertz CT molecular complexity index is 1280. The molecule has 0 bridgehead atoms. The van der Waals surface area contributed by atoms with E-state index in [9.17, 15) is 8.42 Å². The van der Waals surface area contributed by atoms with Crippen LogP contribution in [0.4, 0.5) is 0 Å². The van der Waals surface area contributed by atoms with Crippen molar-refractivity contribution in [3.05, 3.63) is 101 Å². The molecule has 1 fully saturated rings. The molecule has 0 radical (unpaired) electrons. The highest BCUT2D eigenvalue weighted by molar-refractivity contribution is 7.89. The molecule has 2 N–H and O–H groups in total. The van der Waals surface area contributed by atoms with Crippen molar-refractivity contribution in [2.45, 2.75) is 17.7 Å². The number of hydrogen-bond donors (Lipinski definition) is 1. The quantitative estimate of drug-likeness (QED) is 0.464. The molecule has 0 saturated carbocycles. The molecule has 2 aliphatic rings. The molecule has 0 unspecified atom stereocenters. The Labute approximate surface area is 194 Å². The van der Waals surface area contributed by atoms with Crippen LogP contribution in [0.25, 0.3) is 11.6 Å². The third-order valence-electron chi connectivity index (χ3n) is 6.23. The SMILES string of the molecule is NS(=O)(=O)c1ccc(C=CCN2CCC(=C3c4ccccc4Oc4ccccc43)CC2)cc1. The van der Waals surface area contributed by atoms with Gasteiger partial charge in [0.15, 0.2) is 0 Å². The summed E-state index contributed by atoms with van der Waals surface area (Å²) in [4.78, 5) is 2.57. The summed E-state index contributed by atoms with van der Waals surface area (Å²) < 4.78 is 28.9. The number of rotatable bonds is 4. The predicted octanol–water partition coefficient (Wildman–Crippen LogP) is 5.05. The van der Waals surface area contributed by atoms with Crippen LogP contribution in [0.3, 0.4) is 0 Å². The van der Waals surface area contributed by atoms with Crippen LogP contribution in [0.2, 0.25) is 0 Å². The van der Waals surface area contributed by atoms with Gasteiger partial charge in [-0.2, -0.15) is 0 Å². The molecule has 5 nitrogen and oxygen atoms in total. The predicted molar refractivity (Wildman–Crippen MR) is 132 cm³/mol. The molecule has 3 aromatic carbocycles. The number of piperidine rings is 1. The van der Waals surface area contributed by atoms with Crippen molar-refractivity contribution in [3.63, 3.8) is 0 Å².